The molecule has 1 aliphatic rings. The van der Waals surface area contributed by atoms with Crippen molar-refractivity contribution in [2.75, 3.05) is 18.0 Å². The lowest BCUT2D eigenvalue weighted by Crippen LogP contribution is -2.32. The summed E-state index contributed by atoms with van der Waals surface area (Å²) in [6, 6.07) is 17.7. The van der Waals surface area contributed by atoms with Gasteiger partial charge in [-0.05, 0) is 67.1 Å². The molecular formula is C27H26F2N4O. The molecule has 0 bridgehead atoms. The molecule has 7 heteroatoms. The van der Waals surface area contributed by atoms with E-state index in [1.165, 1.54) is 36.0 Å². The number of hydrogen-bond donors (Lipinski definition) is 1. The quantitative estimate of drug-likeness (QED) is 0.443. The number of halogens is 2. The molecule has 0 spiro atoms. The van der Waals surface area contributed by atoms with E-state index in [0.717, 1.165) is 37.2 Å². The third-order valence-corrected chi connectivity index (χ3v) is 6.57. The van der Waals surface area contributed by atoms with E-state index in [0.29, 0.717) is 29.5 Å². The zero-order valence-electron chi connectivity index (χ0n) is 19.0. The maximum atomic E-state index is 13.5. The summed E-state index contributed by atoms with van der Waals surface area (Å²) >= 11 is 0. The average Bonchev–Trinajstić information content (AvgIpc) is 3.18. The monoisotopic (exact) mass is 460 g/mol. The second-order valence-electron chi connectivity index (χ2n) is 8.78. The molecule has 0 saturated carbocycles. The molecule has 0 atom stereocenters. The fourth-order valence-electron chi connectivity index (χ4n) is 4.71. The van der Waals surface area contributed by atoms with Crippen LogP contribution < -0.4 is 10.2 Å². The molecule has 1 fully saturated rings. The molecule has 2 aromatic carbocycles. The standard InChI is InChI=1S/C27H26F2N4O/c1-18-26(33-15-12-23(29)16-25(33)31-18)27(34)30-17-19-2-8-24(9-3-19)32-13-10-21(11-14-32)20-4-6-22(28)7-5-20/h2-9,12,15-16,21H,10-11,13-14,17H2,1H3,(H,30,34). The first-order valence-electron chi connectivity index (χ1n) is 11.5. The maximum Gasteiger partial charge on any atom is 0.270 e. The Morgan fingerprint density at radius 1 is 1.00 bits per heavy atom. The summed E-state index contributed by atoms with van der Waals surface area (Å²) < 4.78 is 28.2. The van der Waals surface area contributed by atoms with E-state index in [4.69, 9.17) is 0 Å². The minimum atomic E-state index is -0.385. The molecule has 3 heterocycles. The molecule has 0 unspecified atom stereocenters. The smallest absolute Gasteiger partial charge is 0.270 e. The van der Waals surface area contributed by atoms with Crippen LogP contribution in [0, 0.1) is 18.6 Å². The van der Waals surface area contributed by atoms with Crippen LogP contribution in [0.15, 0.2) is 66.9 Å². The normalized spacial score (nSPS) is 14.5. The molecule has 2 aromatic heterocycles. The minimum Gasteiger partial charge on any atom is -0.371 e. The van der Waals surface area contributed by atoms with Gasteiger partial charge in [0.25, 0.3) is 5.91 Å². The molecule has 5 nitrogen and oxygen atoms in total. The summed E-state index contributed by atoms with van der Waals surface area (Å²) in [4.78, 5) is 19.4. The van der Waals surface area contributed by atoms with Crippen LogP contribution in [0.2, 0.25) is 0 Å². The molecule has 0 radical (unpaired) electrons. The first-order valence-corrected chi connectivity index (χ1v) is 11.5. The van der Waals surface area contributed by atoms with Crippen molar-refractivity contribution in [2.45, 2.75) is 32.2 Å². The Morgan fingerprint density at radius 3 is 2.41 bits per heavy atom. The van der Waals surface area contributed by atoms with Crippen molar-refractivity contribution in [1.29, 1.82) is 0 Å². The Hall–Kier alpha value is -3.74. The number of anilines is 1. The predicted molar refractivity (Wildman–Crippen MR) is 128 cm³/mol. The summed E-state index contributed by atoms with van der Waals surface area (Å²) in [5.74, 6) is -0.361. The van der Waals surface area contributed by atoms with E-state index < -0.39 is 0 Å². The van der Waals surface area contributed by atoms with Gasteiger partial charge >= 0.3 is 0 Å². The van der Waals surface area contributed by atoms with Gasteiger partial charge in [0.2, 0.25) is 0 Å². The van der Waals surface area contributed by atoms with Gasteiger partial charge in [-0.25, -0.2) is 13.8 Å². The van der Waals surface area contributed by atoms with Crippen LogP contribution in [-0.4, -0.2) is 28.4 Å². The number of carbonyl (C=O) groups is 1. The Bertz CT molecular complexity index is 1310. The summed E-state index contributed by atoms with van der Waals surface area (Å²) in [6.07, 6.45) is 3.59. The highest BCUT2D eigenvalue weighted by atomic mass is 19.1. The van der Waals surface area contributed by atoms with Gasteiger partial charge in [0.1, 0.15) is 23.0 Å². The fourth-order valence-corrected chi connectivity index (χ4v) is 4.71. The van der Waals surface area contributed by atoms with E-state index in [1.54, 1.807) is 11.3 Å². The molecule has 34 heavy (non-hydrogen) atoms. The zero-order chi connectivity index (χ0) is 23.7. The number of imidazole rings is 1. The highest BCUT2D eigenvalue weighted by Crippen LogP contribution is 2.30. The van der Waals surface area contributed by atoms with Crippen LogP contribution in [0.5, 0.6) is 0 Å². The molecule has 174 valence electrons. The Labute approximate surface area is 197 Å². The number of aromatic nitrogens is 2. The molecular weight excluding hydrogens is 434 g/mol. The van der Waals surface area contributed by atoms with Gasteiger partial charge in [0, 0.05) is 37.6 Å². The minimum absolute atomic E-state index is 0.193. The summed E-state index contributed by atoms with van der Waals surface area (Å²) in [7, 11) is 0. The van der Waals surface area contributed by atoms with Gasteiger partial charge in [0.05, 0.1) is 5.69 Å². The van der Waals surface area contributed by atoms with Gasteiger partial charge < -0.3 is 10.2 Å². The van der Waals surface area contributed by atoms with Gasteiger partial charge in [0.15, 0.2) is 0 Å². The Kier molecular flexibility index (Phi) is 6.01. The molecule has 1 amide bonds. The first kappa shape index (κ1) is 22.1. The van der Waals surface area contributed by atoms with E-state index in [1.807, 2.05) is 24.3 Å². The van der Waals surface area contributed by atoms with Crippen molar-refractivity contribution in [3.8, 4) is 0 Å². The maximum absolute atomic E-state index is 13.5. The van der Waals surface area contributed by atoms with Gasteiger partial charge in [-0.15, -0.1) is 0 Å². The van der Waals surface area contributed by atoms with Crippen molar-refractivity contribution in [3.63, 3.8) is 0 Å². The topological polar surface area (TPSA) is 49.6 Å². The number of benzene rings is 2. The van der Waals surface area contributed by atoms with Crippen LogP contribution in [0.4, 0.5) is 14.5 Å². The van der Waals surface area contributed by atoms with Crippen molar-refractivity contribution in [3.05, 3.63) is 101 Å². The molecule has 5 rings (SSSR count). The molecule has 1 N–H and O–H groups in total. The third-order valence-electron chi connectivity index (χ3n) is 6.57. The molecule has 4 aromatic rings. The lowest BCUT2D eigenvalue weighted by Gasteiger charge is -2.34. The van der Waals surface area contributed by atoms with Crippen molar-refractivity contribution < 1.29 is 13.6 Å². The Morgan fingerprint density at radius 2 is 1.71 bits per heavy atom. The highest BCUT2D eigenvalue weighted by Gasteiger charge is 2.21. The summed E-state index contributed by atoms with van der Waals surface area (Å²) in [6.45, 7) is 4.03. The number of fused-ring (bicyclic) bond motifs is 1. The zero-order valence-corrected chi connectivity index (χ0v) is 19.0. The fraction of sp³-hybridized carbons (Fsp3) is 0.259. The number of piperidine rings is 1. The lowest BCUT2D eigenvalue weighted by atomic mass is 9.89. The number of rotatable bonds is 5. The van der Waals surface area contributed by atoms with Crippen LogP contribution in [0.25, 0.3) is 5.65 Å². The number of carbonyl (C=O) groups excluding carboxylic acids is 1. The van der Waals surface area contributed by atoms with Crippen LogP contribution >= 0.6 is 0 Å². The highest BCUT2D eigenvalue weighted by molar-refractivity contribution is 5.94. The van der Waals surface area contributed by atoms with E-state index in [2.05, 4.69) is 27.3 Å². The Balaban J connectivity index is 1.18. The second-order valence-corrected chi connectivity index (χ2v) is 8.78. The largest absolute Gasteiger partial charge is 0.371 e. The van der Waals surface area contributed by atoms with Gasteiger partial charge in [-0.2, -0.15) is 0 Å². The van der Waals surface area contributed by atoms with Crippen molar-refractivity contribution in [2.24, 2.45) is 0 Å². The molecule has 1 saturated heterocycles. The van der Waals surface area contributed by atoms with Crippen molar-refractivity contribution >= 4 is 17.2 Å². The van der Waals surface area contributed by atoms with E-state index >= 15 is 0 Å². The lowest BCUT2D eigenvalue weighted by molar-refractivity contribution is 0.0944. The van der Waals surface area contributed by atoms with Crippen LogP contribution in [-0.2, 0) is 6.54 Å². The van der Waals surface area contributed by atoms with Crippen LogP contribution in [0.1, 0.15) is 46.1 Å². The molecule has 0 aliphatic carbocycles. The predicted octanol–water partition coefficient (Wildman–Crippen LogP) is 5.23. The number of pyridine rings is 1. The number of aryl methyl sites for hydroxylation is 1. The average molecular weight is 461 g/mol. The summed E-state index contributed by atoms with van der Waals surface area (Å²) in [5.41, 5.74) is 4.75. The van der Waals surface area contributed by atoms with E-state index in [9.17, 15) is 13.6 Å². The number of amides is 1. The van der Waals surface area contributed by atoms with Gasteiger partial charge in [-0.1, -0.05) is 24.3 Å². The molecule has 1 aliphatic heterocycles. The second kappa shape index (κ2) is 9.25. The number of nitrogens with one attached hydrogen (secondary N) is 1. The number of nitrogens with zero attached hydrogens (tertiary/aromatic N) is 3. The number of hydrogen-bond acceptors (Lipinski definition) is 3. The SMILES string of the molecule is Cc1nc2cc(F)ccn2c1C(=O)NCc1ccc(N2CCC(c3ccc(F)cc3)CC2)cc1. The van der Waals surface area contributed by atoms with E-state index in [-0.39, 0.29) is 17.5 Å². The first-order chi connectivity index (χ1) is 16.5. The summed E-state index contributed by atoms with van der Waals surface area (Å²) in [5, 5.41) is 2.94. The van der Waals surface area contributed by atoms with Crippen molar-refractivity contribution in [1.82, 2.24) is 14.7 Å². The van der Waals surface area contributed by atoms with Crippen LogP contribution in [0.3, 0.4) is 0 Å². The van der Waals surface area contributed by atoms with Gasteiger partial charge in [-0.3, -0.25) is 9.20 Å². The third kappa shape index (κ3) is 4.51.